The average molecular weight is 301 g/mol. The lowest BCUT2D eigenvalue weighted by atomic mass is 10.1. The second-order valence-electron chi connectivity index (χ2n) is 4.60. The van der Waals surface area contributed by atoms with Gasteiger partial charge < -0.3 is 10.1 Å². The topological polar surface area (TPSA) is 38.3 Å². The maximum absolute atomic E-state index is 12.0. The Kier molecular flexibility index (Phi) is 5.69. The van der Waals surface area contributed by atoms with Crippen molar-refractivity contribution in [3.63, 3.8) is 0 Å². The standard InChI is InChI=1S/C17H19NO2S/c1-20-14-10-7-13(8-11-14)9-12-17(19)18-15-5-3-4-6-16(15)21-2/h3-8,10-11H,9,12H2,1-2H3,(H,18,19). The summed E-state index contributed by atoms with van der Waals surface area (Å²) in [6.07, 6.45) is 3.19. The Morgan fingerprint density at radius 1 is 1.14 bits per heavy atom. The lowest BCUT2D eigenvalue weighted by Crippen LogP contribution is -2.12. The van der Waals surface area contributed by atoms with Crippen molar-refractivity contribution in [1.29, 1.82) is 0 Å². The summed E-state index contributed by atoms with van der Waals surface area (Å²) in [5, 5.41) is 2.97. The monoisotopic (exact) mass is 301 g/mol. The number of methoxy groups -OCH3 is 1. The summed E-state index contributed by atoms with van der Waals surface area (Å²) >= 11 is 1.63. The van der Waals surface area contributed by atoms with E-state index >= 15 is 0 Å². The molecule has 2 rings (SSSR count). The minimum atomic E-state index is 0.0346. The van der Waals surface area contributed by atoms with Crippen LogP contribution < -0.4 is 10.1 Å². The molecule has 0 spiro atoms. The number of anilines is 1. The van der Waals surface area contributed by atoms with Crippen LogP contribution in [0.2, 0.25) is 0 Å². The van der Waals surface area contributed by atoms with Crippen molar-refractivity contribution in [3.8, 4) is 5.75 Å². The first-order chi connectivity index (χ1) is 10.2. The van der Waals surface area contributed by atoms with E-state index in [1.165, 1.54) is 0 Å². The first-order valence-electron chi connectivity index (χ1n) is 6.78. The highest BCUT2D eigenvalue weighted by Gasteiger charge is 2.06. The maximum atomic E-state index is 12.0. The zero-order valence-corrected chi connectivity index (χ0v) is 13.1. The van der Waals surface area contributed by atoms with Gasteiger partial charge in [0.25, 0.3) is 0 Å². The Labute approximate surface area is 129 Å². The van der Waals surface area contributed by atoms with Crippen LogP contribution in [0.1, 0.15) is 12.0 Å². The van der Waals surface area contributed by atoms with E-state index in [1.807, 2.05) is 54.8 Å². The van der Waals surface area contributed by atoms with E-state index in [9.17, 15) is 4.79 Å². The Balaban J connectivity index is 1.89. The zero-order chi connectivity index (χ0) is 15.1. The second-order valence-corrected chi connectivity index (χ2v) is 5.44. The first kappa shape index (κ1) is 15.4. The number of aryl methyl sites for hydroxylation is 1. The van der Waals surface area contributed by atoms with Gasteiger partial charge in [-0.15, -0.1) is 11.8 Å². The predicted octanol–water partition coefficient (Wildman–Crippen LogP) is 3.99. The van der Waals surface area contributed by atoms with E-state index in [4.69, 9.17) is 4.74 Å². The normalized spacial score (nSPS) is 10.2. The van der Waals surface area contributed by atoms with Gasteiger partial charge >= 0.3 is 0 Å². The van der Waals surface area contributed by atoms with Gasteiger partial charge in [0, 0.05) is 11.3 Å². The van der Waals surface area contributed by atoms with Gasteiger partial charge in [0.1, 0.15) is 5.75 Å². The van der Waals surface area contributed by atoms with Crippen molar-refractivity contribution >= 4 is 23.4 Å². The number of amides is 1. The van der Waals surface area contributed by atoms with Crippen LogP contribution in [0.4, 0.5) is 5.69 Å². The zero-order valence-electron chi connectivity index (χ0n) is 12.3. The third kappa shape index (κ3) is 4.53. The number of carbonyl (C=O) groups excluding carboxylic acids is 1. The van der Waals surface area contributed by atoms with Crippen LogP contribution in [0.5, 0.6) is 5.75 Å². The van der Waals surface area contributed by atoms with E-state index in [-0.39, 0.29) is 5.91 Å². The Bertz CT molecular complexity index is 596. The molecule has 0 saturated heterocycles. The number of hydrogen-bond acceptors (Lipinski definition) is 3. The molecule has 0 aliphatic carbocycles. The van der Waals surface area contributed by atoms with E-state index in [0.717, 1.165) is 28.3 Å². The SMILES string of the molecule is COc1ccc(CCC(=O)Nc2ccccc2SC)cc1. The molecule has 0 bridgehead atoms. The molecular weight excluding hydrogens is 282 g/mol. The first-order valence-corrected chi connectivity index (χ1v) is 8.01. The van der Waals surface area contributed by atoms with E-state index in [2.05, 4.69) is 5.32 Å². The highest BCUT2D eigenvalue weighted by Crippen LogP contribution is 2.24. The van der Waals surface area contributed by atoms with Crippen molar-refractivity contribution in [2.75, 3.05) is 18.7 Å². The summed E-state index contributed by atoms with van der Waals surface area (Å²) in [4.78, 5) is 13.1. The molecular formula is C17H19NO2S. The summed E-state index contributed by atoms with van der Waals surface area (Å²) in [5.41, 5.74) is 2.01. The summed E-state index contributed by atoms with van der Waals surface area (Å²) in [7, 11) is 1.64. The summed E-state index contributed by atoms with van der Waals surface area (Å²) in [5.74, 6) is 0.865. The van der Waals surface area contributed by atoms with Crippen LogP contribution in [-0.2, 0) is 11.2 Å². The minimum absolute atomic E-state index is 0.0346. The lowest BCUT2D eigenvalue weighted by Gasteiger charge is -2.09. The molecule has 0 atom stereocenters. The molecule has 0 aromatic heterocycles. The highest BCUT2D eigenvalue weighted by atomic mass is 32.2. The van der Waals surface area contributed by atoms with Gasteiger partial charge in [0.2, 0.25) is 5.91 Å². The molecule has 21 heavy (non-hydrogen) atoms. The molecule has 0 fully saturated rings. The highest BCUT2D eigenvalue weighted by molar-refractivity contribution is 7.98. The summed E-state index contributed by atoms with van der Waals surface area (Å²) in [6, 6.07) is 15.6. The number of rotatable bonds is 6. The molecule has 1 amide bonds. The molecule has 0 unspecified atom stereocenters. The van der Waals surface area contributed by atoms with Gasteiger partial charge in [-0.05, 0) is 42.5 Å². The molecule has 0 aliphatic rings. The van der Waals surface area contributed by atoms with Gasteiger partial charge in [-0.1, -0.05) is 24.3 Å². The number of hydrogen-bond donors (Lipinski definition) is 1. The van der Waals surface area contributed by atoms with Crippen molar-refractivity contribution < 1.29 is 9.53 Å². The van der Waals surface area contributed by atoms with Crippen LogP contribution in [-0.4, -0.2) is 19.3 Å². The van der Waals surface area contributed by atoms with Crippen molar-refractivity contribution in [1.82, 2.24) is 0 Å². The minimum Gasteiger partial charge on any atom is -0.497 e. The van der Waals surface area contributed by atoms with Crippen molar-refractivity contribution in [2.45, 2.75) is 17.7 Å². The van der Waals surface area contributed by atoms with Crippen LogP contribution >= 0.6 is 11.8 Å². The smallest absolute Gasteiger partial charge is 0.224 e. The third-order valence-electron chi connectivity index (χ3n) is 3.18. The average Bonchev–Trinajstić information content (AvgIpc) is 2.54. The van der Waals surface area contributed by atoms with E-state index in [0.29, 0.717) is 6.42 Å². The number of nitrogens with one attached hydrogen (secondary N) is 1. The van der Waals surface area contributed by atoms with Gasteiger partial charge in [-0.3, -0.25) is 4.79 Å². The van der Waals surface area contributed by atoms with Crippen LogP contribution in [0.25, 0.3) is 0 Å². The van der Waals surface area contributed by atoms with E-state index < -0.39 is 0 Å². The molecule has 0 aliphatic heterocycles. The van der Waals surface area contributed by atoms with Gasteiger partial charge in [0.15, 0.2) is 0 Å². The van der Waals surface area contributed by atoms with Gasteiger partial charge in [-0.2, -0.15) is 0 Å². The van der Waals surface area contributed by atoms with Crippen LogP contribution in [0, 0.1) is 0 Å². The lowest BCUT2D eigenvalue weighted by molar-refractivity contribution is -0.116. The Hall–Kier alpha value is -1.94. The van der Waals surface area contributed by atoms with E-state index in [1.54, 1.807) is 18.9 Å². The van der Waals surface area contributed by atoms with Gasteiger partial charge in [0.05, 0.1) is 12.8 Å². The Morgan fingerprint density at radius 2 is 1.86 bits per heavy atom. The summed E-state index contributed by atoms with van der Waals surface area (Å²) in [6.45, 7) is 0. The number of ether oxygens (including phenoxy) is 1. The fourth-order valence-corrected chi connectivity index (χ4v) is 2.56. The molecule has 0 radical (unpaired) electrons. The second kappa shape index (κ2) is 7.74. The van der Waals surface area contributed by atoms with Crippen LogP contribution in [0.15, 0.2) is 53.4 Å². The Morgan fingerprint density at radius 3 is 2.52 bits per heavy atom. The fourth-order valence-electron chi connectivity index (χ4n) is 2.01. The van der Waals surface area contributed by atoms with Gasteiger partial charge in [-0.25, -0.2) is 0 Å². The maximum Gasteiger partial charge on any atom is 0.224 e. The quantitative estimate of drug-likeness (QED) is 0.820. The number of thioether (sulfide) groups is 1. The number of benzene rings is 2. The largest absolute Gasteiger partial charge is 0.497 e. The molecule has 0 saturated carbocycles. The summed E-state index contributed by atoms with van der Waals surface area (Å²) < 4.78 is 5.12. The molecule has 2 aromatic rings. The van der Waals surface area contributed by atoms with Crippen molar-refractivity contribution in [3.05, 3.63) is 54.1 Å². The number of para-hydroxylation sites is 1. The molecule has 2 aromatic carbocycles. The molecule has 110 valence electrons. The molecule has 1 N–H and O–H groups in total. The molecule has 0 heterocycles. The fraction of sp³-hybridized carbons (Fsp3) is 0.235. The predicted molar refractivity (Wildman–Crippen MR) is 88.2 cm³/mol. The molecule has 4 heteroatoms. The van der Waals surface area contributed by atoms with Crippen molar-refractivity contribution in [2.24, 2.45) is 0 Å². The molecule has 3 nitrogen and oxygen atoms in total. The van der Waals surface area contributed by atoms with Crippen LogP contribution in [0.3, 0.4) is 0 Å². The third-order valence-corrected chi connectivity index (χ3v) is 3.98. The number of carbonyl (C=O) groups is 1.